The van der Waals surface area contributed by atoms with Crippen LogP contribution in [-0.2, 0) is 0 Å². The van der Waals surface area contributed by atoms with Crippen LogP contribution in [-0.4, -0.2) is 5.71 Å². The third-order valence-corrected chi connectivity index (χ3v) is 3.58. The van der Waals surface area contributed by atoms with Gasteiger partial charge in [-0.15, -0.1) is 17.8 Å². The molecule has 80 valence electrons. The van der Waals surface area contributed by atoms with Gasteiger partial charge in [0, 0.05) is 10.4 Å². The lowest BCUT2D eigenvalue weighted by atomic mass is 10.2. The number of nitrogens with zero attached hydrogens (tertiary/aromatic N) is 1. The average Bonchev–Trinajstić information content (AvgIpc) is 2.56. The highest BCUT2D eigenvalue weighted by molar-refractivity contribution is 7.22. The molecule has 0 radical (unpaired) electrons. The molecule has 3 heteroatoms. The van der Waals surface area contributed by atoms with Crippen LogP contribution in [0.5, 0.6) is 0 Å². The Morgan fingerprint density at radius 2 is 2.25 bits per heavy atom. The van der Waals surface area contributed by atoms with Crippen LogP contribution in [0.3, 0.4) is 0 Å². The third-order valence-electron chi connectivity index (χ3n) is 2.41. The van der Waals surface area contributed by atoms with E-state index in [1.807, 2.05) is 32.0 Å². The van der Waals surface area contributed by atoms with Gasteiger partial charge in [0.25, 0.3) is 0 Å². The molecule has 0 amide bonds. The molecule has 0 bridgehead atoms. The zero-order chi connectivity index (χ0) is 11.7. The number of rotatable bonds is 1. The minimum absolute atomic E-state index is 0.697. The Morgan fingerprint density at radius 1 is 1.50 bits per heavy atom. The van der Waals surface area contributed by atoms with E-state index in [9.17, 15) is 0 Å². The maximum atomic E-state index is 5.77. The quantitative estimate of drug-likeness (QED) is 0.452. The van der Waals surface area contributed by atoms with E-state index in [-0.39, 0.29) is 0 Å². The van der Waals surface area contributed by atoms with Crippen molar-refractivity contribution in [1.82, 2.24) is 0 Å². The number of aryl methyl sites for hydroxylation is 1. The Labute approximate surface area is 98.8 Å². The van der Waals surface area contributed by atoms with Gasteiger partial charge in [-0.1, -0.05) is 5.92 Å². The lowest BCUT2D eigenvalue weighted by Crippen LogP contribution is -1.83. The van der Waals surface area contributed by atoms with Gasteiger partial charge in [-0.05, 0) is 43.0 Å². The fourth-order valence-electron chi connectivity index (χ4n) is 1.52. The van der Waals surface area contributed by atoms with Crippen molar-refractivity contribution in [2.45, 2.75) is 13.8 Å². The first kappa shape index (κ1) is 10.7. The molecule has 16 heavy (non-hydrogen) atoms. The summed E-state index contributed by atoms with van der Waals surface area (Å²) in [6, 6.07) is 5.90. The third kappa shape index (κ3) is 1.80. The molecule has 2 nitrogen and oxygen atoms in total. The van der Waals surface area contributed by atoms with Crippen LogP contribution in [0.2, 0.25) is 0 Å². The molecule has 2 rings (SSSR count). The van der Waals surface area contributed by atoms with Crippen molar-refractivity contribution in [3.05, 3.63) is 23.8 Å². The van der Waals surface area contributed by atoms with Crippen LogP contribution in [0.25, 0.3) is 10.1 Å². The molecule has 0 saturated heterocycles. The summed E-state index contributed by atoms with van der Waals surface area (Å²) in [5, 5.41) is 2.13. The zero-order valence-corrected chi connectivity index (χ0v) is 10.1. The van der Waals surface area contributed by atoms with Crippen molar-refractivity contribution in [3.8, 4) is 12.3 Å². The monoisotopic (exact) mass is 228 g/mol. The summed E-state index contributed by atoms with van der Waals surface area (Å²) in [5.74, 6) is 2.53. The van der Waals surface area contributed by atoms with Crippen LogP contribution >= 0.6 is 11.3 Å². The second-order valence-corrected chi connectivity index (χ2v) is 4.66. The van der Waals surface area contributed by atoms with Crippen LogP contribution in [0.15, 0.2) is 23.2 Å². The summed E-state index contributed by atoms with van der Waals surface area (Å²) in [7, 11) is 0. The number of terminal acetylenes is 1. The van der Waals surface area contributed by atoms with Gasteiger partial charge >= 0.3 is 0 Å². The minimum atomic E-state index is 0.697. The first-order valence-electron chi connectivity index (χ1n) is 4.92. The molecule has 0 aliphatic heterocycles. The summed E-state index contributed by atoms with van der Waals surface area (Å²) >= 11 is 1.64. The molecule has 0 fully saturated rings. The molecular formula is C13H12N2S. The van der Waals surface area contributed by atoms with E-state index in [4.69, 9.17) is 12.2 Å². The van der Waals surface area contributed by atoms with Crippen molar-refractivity contribution in [1.29, 1.82) is 0 Å². The molecule has 1 aromatic carbocycles. The SMILES string of the molecule is C#C/C(C)=N\c1sc2ccc(N)cc2c1C. The summed E-state index contributed by atoms with van der Waals surface area (Å²) in [6.07, 6.45) is 5.29. The number of hydrogen-bond acceptors (Lipinski definition) is 3. The molecule has 0 aliphatic rings. The van der Waals surface area contributed by atoms with Crippen molar-refractivity contribution in [2.75, 3.05) is 5.73 Å². The summed E-state index contributed by atoms with van der Waals surface area (Å²) < 4.78 is 1.19. The lowest BCUT2D eigenvalue weighted by Gasteiger charge is -1.94. The number of aliphatic imine (C=N–C) groups is 1. The van der Waals surface area contributed by atoms with E-state index in [2.05, 4.69) is 10.9 Å². The minimum Gasteiger partial charge on any atom is -0.399 e. The Morgan fingerprint density at radius 3 is 2.94 bits per heavy atom. The smallest absolute Gasteiger partial charge is 0.121 e. The van der Waals surface area contributed by atoms with Gasteiger partial charge in [0.1, 0.15) is 5.00 Å². The van der Waals surface area contributed by atoms with Crippen LogP contribution in [0.4, 0.5) is 10.7 Å². The molecular weight excluding hydrogens is 216 g/mol. The van der Waals surface area contributed by atoms with Gasteiger partial charge in [0.15, 0.2) is 0 Å². The largest absolute Gasteiger partial charge is 0.399 e. The van der Waals surface area contributed by atoms with E-state index in [1.165, 1.54) is 4.70 Å². The van der Waals surface area contributed by atoms with Gasteiger partial charge in [0.2, 0.25) is 0 Å². The highest BCUT2D eigenvalue weighted by Gasteiger charge is 2.07. The van der Waals surface area contributed by atoms with Crippen molar-refractivity contribution in [3.63, 3.8) is 0 Å². The fraction of sp³-hybridized carbons (Fsp3) is 0.154. The molecule has 2 aromatic rings. The van der Waals surface area contributed by atoms with E-state index < -0.39 is 0 Å². The molecule has 0 spiro atoms. The van der Waals surface area contributed by atoms with E-state index in [0.717, 1.165) is 21.6 Å². The lowest BCUT2D eigenvalue weighted by molar-refractivity contribution is 1.50. The summed E-state index contributed by atoms with van der Waals surface area (Å²) in [5.41, 5.74) is 8.38. The van der Waals surface area contributed by atoms with Gasteiger partial charge in [0.05, 0.1) is 5.71 Å². The number of thiophene rings is 1. The molecule has 2 N–H and O–H groups in total. The van der Waals surface area contributed by atoms with Crippen molar-refractivity contribution >= 4 is 37.8 Å². The highest BCUT2D eigenvalue weighted by atomic mass is 32.1. The number of nitrogens with two attached hydrogens (primary N) is 1. The highest BCUT2D eigenvalue weighted by Crippen LogP contribution is 2.37. The maximum absolute atomic E-state index is 5.77. The Kier molecular flexibility index (Phi) is 2.67. The van der Waals surface area contributed by atoms with Crippen LogP contribution in [0.1, 0.15) is 12.5 Å². The van der Waals surface area contributed by atoms with Gasteiger partial charge in [-0.3, -0.25) is 0 Å². The van der Waals surface area contributed by atoms with Crippen LogP contribution < -0.4 is 5.73 Å². The number of benzene rings is 1. The summed E-state index contributed by atoms with van der Waals surface area (Å²) in [6.45, 7) is 3.87. The van der Waals surface area contributed by atoms with Gasteiger partial charge in [-0.2, -0.15) is 0 Å². The Bertz CT molecular complexity index is 615. The van der Waals surface area contributed by atoms with E-state index in [0.29, 0.717) is 5.71 Å². The second-order valence-electron chi connectivity index (χ2n) is 3.63. The molecule has 0 aliphatic carbocycles. The Balaban J connectivity index is 2.66. The molecule has 0 saturated carbocycles. The van der Waals surface area contributed by atoms with E-state index >= 15 is 0 Å². The standard InChI is InChI=1S/C13H12N2S/c1-4-8(2)15-13-9(3)11-7-10(14)5-6-12(11)16-13/h1,5-7H,14H2,2-3H3/b15-8-. The molecule has 1 aromatic heterocycles. The normalized spacial score (nSPS) is 11.7. The summed E-state index contributed by atoms with van der Waals surface area (Å²) in [4.78, 5) is 4.40. The number of fused-ring (bicyclic) bond motifs is 1. The first-order chi connectivity index (χ1) is 7.61. The molecule has 1 heterocycles. The number of anilines is 1. The average molecular weight is 228 g/mol. The topological polar surface area (TPSA) is 38.4 Å². The van der Waals surface area contributed by atoms with Gasteiger partial charge < -0.3 is 5.73 Å². The molecule has 0 unspecified atom stereocenters. The maximum Gasteiger partial charge on any atom is 0.121 e. The van der Waals surface area contributed by atoms with E-state index in [1.54, 1.807) is 11.3 Å². The predicted octanol–water partition coefficient (Wildman–Crippen LogP) is 3.52. The first-order valence-corrected chi connectivity index (χ1v) is 5.74. The fourth-order valence-corrected chi connectivity index (χ4v) is 2.63. The number of nitrogen functional groups attached to an aromatic ring is 1. The predicted molar refractivity (Wildman–Crippen MR) is 72.6 cm³/mol. The molecule has 0 atom stereocenters. The van der Waals surface area contributed by atoms with Gasteiger partial charge in [-0.25, -0.2) is 4.99 Å². The number of hydrogen-bond donors (Lipinski definition) is 1. The van der Waals surface area contributed by atoms with Crippen LogP contribution in [0, 0.1) is 19.3 Å². The second kappa shape index (κ2) is 3.99. The van der Waals surface area contributed by atoms with Crippen molar-refractivity contribution < 1.29 is 0 Å². The zero-order valence-electron chi connectivity index (χ0n) is 9.24. The van der Waals surface area contributed by atoms with Crippen molar-refractivity contribution in [2.24, 2.45) is 4.99 Å². The Hall–Kier alpha value is -1.79.